The Morgan fingerprint density at radius 3 is 2.26 bits per heavy atom. The average Bonchev–Trinajstić information content (AvgIpc) is 2.66. The molecular weight excluding hydrogens is 351 g/mol. The van der Waals surface area contributed by atoms with Crippen LogP contribution in [0.5, 0.6) is 11.5 Å². The Kier molecular flexibility index (Phi) is 7.61. The first kappa shape index (κ1) is 20.2. The molecule has 0 atom stereocenters. The minimum atomic E-state index is -0.802. The third-order valence-corrected chi connectivity index (χ3v) is 3.62. The highest BCUT2D eigenvalue weighted by atomic mass is 19.1. The fourth-order valence-electron chi connectivity index (χ4n) is 2.37. The Labute approximate surface area is 157 Å². The van der Waals surface area contributed by atoms with Crippen LogP contribution in [0.25, 0.3) is 0 Å². The molecule has 27 heavy (non-hydrogen) atoms. The second-order valence-electron chi connectivity index (χ2n) is 5.61. The molecule has 2 aromatic rings. The number of hydrogen-bond donors (Lipinski definition) is 2. The standard InChI is InChI=1S/C20H23FN2O4/c1-3-26-17-10-5-14(13-18(17)27-4-2)11-12-22-19(24)20(25)23-16-8-6-15(21)7-9-16/h5-10,13H,3-4,11-12H2,1-2H3,(H,22,24)(H,23,25). The molecule has 0 aromatic heterocycles. The molecule has 0 aliphatic heterocycles. The average molecular weight is 374 g/mol. The van der Waals surface area contributed by atoms with Crippen molar-refractivity contribution in [3.05, 3.63) is 53.8 Å². The van der Waals surface area contributed by atoms with E-state index in [2.05, 4.69) is 10.6 Å². The van der Waals surface area contributed by atoms with Crippen LogP contribution in [-0.4, -0.2) is 31.6 Å². The highest BCUT2D eigenvalue weighted by Crippen LogP contribution is 2.28. The van der Waals surface area contributed by atoms with E-state index in [4.69, 9.17) is 9.47 Å². The molecular formula is C20H23FN2O4. The minimum absolute atomic E-state index is 0.287. The van der Waals surface area contributed by atoms with Crippen molar-refractivity contribution < 1.29 is 23.5 Å². The second kappa shape index (κ2) is 10.2. The van der Waals surface area contributed by atoms with Gasteiger partial charge in [-0.15, -0.1) is 0 Å². The Morgan fingerprint density at radius 2 is 1.59 bits per heavy atom. The molecule has 0 saturated carbocycles. The number of halogens is 1. The van der Waals surface area contributed by atoms with Crippen LogP contribution >= 0.6 is 0 Å². The van der Waals surface area contributed by atoms with Crippen LogP contribution < -0.4 is 20.1 Å². The van der Waals surface area contributed by atoms with E-state index in [0.29, 0.717) is 36.8 Å². The van der Waals surface area contributed by atoms with Crippen molar-refractivity contribution in [3.8, 4) is 11.5 Å². The maximum Gasteiger partial charge on any atom is 0.313 e. The fourth-order valence-corrected chi connectivity index (χ4v) is 2.37. The van der Waals surface area contributed by atoms with Crippen molar-refractivity contribution >= 4 is 17.5 Å². The molecule has 0 heterocycles. The molecule has 0 bridgehead atoms. The van der Waals surface area contributed by atoms with Crippen molar-refractivity contribution in [1.82, 2.24) is 5.32 Å². The number of anilines is 1. The summed E-state index contributed by atoms with van der Waals surface area (Å²) in [6, 6.07) is 10.8. The van der Waals surface area contributed by atoms with Gasteiger partial charge in [0.05, 0.1) is 13.2 Å². The zero-order chi connectivity index (χ0) is 19.6. The van der Waals surface area contributed by atoms with Crippen LogP contribution in [0, 0.1) is 5.82 Å². The van der Waals surface area contributed by atoms with Crippen LogP contribution in [0.3, 0.4) is 0 Å². The molecule has 0 aliphatic rings. The van der Waals surface area contributed by atoms with E-state index in [-0.39, 0.29) is 6.54 Å². The summed E-state index contributed by atoms with van der Waals surface area (Å²) < 4.78 is 23.9. The zero-order valence-electron chi connectivity index (χ0n) is 15.4. The van der Waals surface area contributed by atoms with Gasteiger partial charge in [0.15, 0.2) is 11.5 Å². The number of nitrogens with one attached hydrogen (secondary N) is 2. The fraction of sp³-hybridized carbons (Fsp3) is 0.300. The third-order valence-electron chi connectivity index (χ3n) is 3.62. The van der Waals surface area contributed by atoms with Gasteiger partial charge >= 0.3 is 11.8 Å². The monoisotopic (exact) mass is 374 g/mol. The zero-order valence-corrected chi connectivity index (χ0v) is 15.4. The Hall–Kier alpha value is -3.09. The molecule has 6 nitrogen and oxygen atoms in total. The van der Waals surface area contributed by atoms with E-state index in [0.717, 1.165) is 5.56 Å². The van der Waals surface area contributed by atoms with Gasteiger partial charge in [-0.25, -0.2) is 4.39 Å². The van der Waals surface area contributed by atoms with Gasteiger partial charge < -0.3 is 20.1 Å². The smallest absolute Gasteiger partial charge is 0.313 e. The number of rotatable bonds is 8. The normalized spacial score (nSPS) is 10.2. The summed E-state index contributed by atoms with van der Waals surface area (Å²) in [5.74, 6) is -0.652. The summed E-state index contributed by atoms with van der Waals surface area (Å²) >= 11 is 0. The van der Waals surface area contributed by atoms with Crippen LogP contribution in [0.15, 0.2) is 42.5 Å². The number of carbonyl (C=O) groups is 2. The molecule has 2 amide bonds. The summed E-state index contributed by atoms with van der Waals surface area (Å²) in [5.41, 5.74) is 1.30. The van der Waals surface area contributed by atoms with Crippen molar-refractivity contribution in [2.75, 3.05) is 25.1 Å². The molecule has 0 radical (unpaired) electrons. The molecule has 0 saturated heterocycles. The highest BCUT2D eigenvalue weighted by Gasteiger charge is 2.13. The second-order valence-corrected chi connectivity index (χ2v) is 5.61. The molecule has 144 valence electrons. The first-order chi connectivity index (χ1) is 13.0. The van der Waals surface area contributed by atoms with E-state index in [1.165, 1.54) is 24.3 Å². The topological polar surface area (TPSA) is 76.7 Å². The lowest BCUT2D eigenvalue weighted by molar-refractivity contribution is -0.136. The number of amides is 2. The molecule has 2 N–H and O–H groups in total. The first-order valence-corrected chi connectivity index (χ1v) is 8.76. The summed E-state index contributed by atoms with van der Waals surface area (Å²) in [6.45, 7) is 5.14. The number of ether oxygens (including phenoxy) is 2. The molecule has 2 aromatic carbocycles. The minimum Gasteiger partial charge on any atom is -0.490 e. The lowest BCUT2D eigenvalue weighted by atomic mass is 10.1. The van der Waals surface area contributed by atoms with Gasteiger partial charge in [0, 0.05) is 12.2 Å². The van der Waals surface area contributed by atoms with E-state index in [1.54, 1.807) is 0 Å². The van der Waals surface area contributed by atoms with Crippen molar-refractivity contribution in [2.45, 2.75) is 20.3 Å². The summed E-state index contributed by atoms with van der Waals surface area (Å²) in [7, 11) is 0. The van der Waals surface area contributed by atoms with Crippen LogP contribution in [0.2, 0.25) is 0 Å². The largest absolute Gasteiger partial charge is 0.490 e. The number of hydrogen-bond acceptors (Lipinski definition) is 4. The van der Waals surface area contributed by atoms with E-state index >= 15 is 0 Å². The summed E-state index contributed by atoms with van der Waals surface area (Å²) in [5, 5.41) is 4.97. The van der Waals surface area contributed by atoms with E-state index < -0.39 is 17.6 Å². The number of carbonyl (C=O) groups excluding carboxylic acids is 2. The predicted octanol–water partition coefficient (Wildman–Crippen LogP) is 2.92. The first-order valence-electron chi connectivity index (χ1n) is 8.76. The van der Waals surface area contributed by atoms with E-state index in [1.807, 2.05) is 32.0 Å². The van der Waals surface area contributed by atoms with Gasteiger partial charge in [-0.3, -0.25) is 9.59 Å². The van der Waals surface area contributed by atoms with Gasteiger partial charge in [-0.05, 0) is 62.2 Å². The number of benzene rings is 2. The molecule has 0 aliphatic carbocycles. The quantitative estimate of drug-likeness (QED) is 0.697. The van der Waals surface area contributed by atoms with Crippen molar-refractivity contribution in [2.24, 2.45) is 0 Å². The van der Waals surface area contributed by atoms with Crippen LogP contribution in [-0.2, 0) is 16.0 Å². The lowest BCUT2D eigenvalue weighted by Crippen LogP contribution is -2.36. The predicted molar refractivity (Wildman–Crippen MR) is 101 cm³/mol. The summed E-state index contributed by atoms with van der Waals surface area (Å²) in [4.78, 5) is 23.7. The van der Waals surface area contributed by atoms with Gasteiger partial charge in [-0.2, -0.15) is 0 Å². The molecule has 7 heteroatoms. The SMILES string of the molecule is CCOc1ccc(CCNC(=O)C(=O)Nc2ccc(F)cc2)cc1OCC. The Morgan fingerprint density at radius 1 is 0.926 bits per heavy atom. The van der Waals surface area contributed by atoms with Gasteiger partial charge in [0.25, 0.3) is 0 Å². The van der Waals surface area contributed by atoms with E-state index in [9.17, 15) is 14.0 Å². The molecule has 0 unspecified atom stereocenters. The maximum atomic E-state index is 12.8. The molecule has 0 fully saturated rings. The molecule has 0 spiro atoms. The Bertz CT molecular complexity index is 778. The maximum absolute atomic E-state index is 12.8. The third kappa shape index (κ3) is 6.29. The van der Waals surface area contributed by atoms with Crippen molar-refractivity contribution in [1.29, 1.82) is 0 Å². The highest BCUT2D eigenvalue weighted by molar-refractivity contribution is 6.39. The summed E-state index contributed by atoms with van der Waals surface area (Å²) in [6.07, 6.45) is 0.530. The Balaban J connectivity index is 1.85. The lowest BCUT2D eigenvalue weighted by Gasteiger charge is -2.12. The van der Waals surface area contributed by atoms with Gasteiger partial charge in [0.2, 0.25) is 0 Å². The van der Waals surface area contributed by atoms with Gasteiger partial charge in [-0.1, -0.05) is 6.07 Å². The van der Waals surface area contributed by atoms with Gasteiger partial charge in [0.1, 0.15) is 5.82 Å². The van der Waals surface area contributed by atoms with Crippen LogP contribution in [0.4, 0.5) is 10.1 Å². The molecule has 2 rings (SSSR count). The van der Waals surface area contributed by atoms with Crippen molar-refractivity contribution in [3.63, 3.8) is 0 Å². The van der Waals surface area contributed by atoms with Crippen LogP contribution in [0.1, 0.15) is 19.4 Å².